The fourth-order valence-electron chi connectivity index (χ4n) is 3.46. The molecule has 2 heterocycles. The summed E-state index contributed by atoms with van der Waals surface area (Å²) in [5, 5.41) is 14.4. The number of hydrogen-bond donors (Lipinski definition) is 5. The van der Waals surface area contributed by atoms with Crippen LogP contribution < -0.4 is 57.2 Å². The summed E-state index contributed by atoms with van der Waals surface area (Å²) < 4.78 is 0. The topological polar surface area (TPSA) is 189 Å². The fourth-order valence-corrected chi connectivity index (χ4v) is 3.46. The van der Waals surface area contributed by atoms with E-state index in [1.54, 1.807) is 12.1 Å². The summed E-state index contributed by atoms with van der Waals surface area (Å²) in [6.45, 7) is 0.348. The van der Waals surface area contributed by atoms with Crippen molar-refractivity contribution >= 4 is 34.7 Å². The number of aryl methyl sites for hydroxylation is 2. The van der Waals surface area contributed by atoms with Gasteiger partial charge in [-0.2, -0.15) is 9.97 Å². The number of H-pyrrole nitrogens is 1. The van der Waals surface area contributed by atoms with Crippen LogP contribution in [0, 0.1) is 0 Å². The van der Waals surface area contributed by atoms with Gasteiger partial charge in [-0.05, 0) is 61.9 Å². The summed E-state index contributed by atoms with van der Waals surface area (Å²) in [5.41, 5.74) is 20.1. The predicted octanol–water partition coefficient (Wildman–Crippen LogP) is -3.11. The number of nitrogen functional groups attached to an aromatic ring is 2. The molecule has 0 fully saturated rings. The van der Waals surface area contributed by atoms with E-state index in [-0.39, 0.29) is 41.9 Å². The maximum atomic E-state index is 12.3. The number of amides is 1. The molecule has 3 aromatic rings. The van der Waals surface area contributed by atoms with E-state index in [0.717, 1.165) is 35.8 Å². The van der Waals surface area contributed by atoms with E-state index < -0.39 is 17.9 Å². The van der Waals surface area contributed by atoms with Crippen LogP contribution in [0.5, 0.6) is 0 Å². The molecule has 0 radical (unpaired) electrons. The molecule has 164 valence electrons. The van der Waals surface area contributed by atoms with Crippen LogP contribution in [0.3, 0.4) is 0 Å². The average Bonchev–Trinajstić information content (AvgIpc) is 3.14. The van der Waals surface area contributed by atoms with Crippen LogP contribution in [0.2, 0.25) is 0 Å². The Labute approximate surface area is 207 Å². The molecule has 1 aromatic carbocycles. The minimum atomic E-state index is -1.32. The second kappa shape index (κ2) is 11.8. The molecule has 10 nitrogen and oxygen atoms in total. The van der Waals surface area contributed by atoms with E-state index in [2.05, 4.69) is 20.3 Å². The van der Waals surface area contributed by atoms with Crippen molar-refractivity contribution in [3.8, 4) is 0 Å². The smallest absolute Gasteiger partial charge is 0.548 e. The van der Waals surface area contributed by atoms with Crippen LogP contribution >= 0.6 is 0 Å². The van der Waals surface area contributed by atoms with Crippen molar-refractivity contribution in [2.75, 3.05) is 18.0 Å². The van der Waals surface area contributed by atoms with Crippen molar-refractivity contribution in [3.63, 3.8) is 0 Å². The summed E-state index contributed by atoms with van der Waals surface area (Å²) in [7, 11) is 0. The molecule has 0 saturated carbocycles. The van der Waals surface area contributed by atoms with Crippen LogP contribution in [0.25, 0.3) is 11.0 Å². The van der Waals surface area contributed by atoms with Gasteiger partial charge in [0.1, 0.15) is 11.5 Å². The van der Waals surface area contributed by atoms with Gasteiger partial charge in [0, 0.05) is 11.8 Å². The molecular formula is C21H26N7NaO3. The number of carboxylic acids is 1. The Kier molecular flexibility index (Phi) is 9.45. The van der Waals surface area contributed by atoms with Gasteiger partial charge in [0.25, 0.3) is 5.91 Å². The molecule has 1 amide bonds. The molecule has 0 saturated heterocycles. The van der Waals surface area contributed by atoms with Crippen molar-refractivity contribution in [1.29, 1.82) is 0 Å². The normalized spacial score (nSPS) is 11.7. The van der Waals surface area contributed by atoms with Crippen molar-refractivity contribution in [1.82, 2.24) is 20.3 Å². The first kappa shape index (κ1) is 25.6. The number of carbonyl (C=O) groups excluding carboxylic acids is 2. The number of nitrogens with two attached hydrogens (primary N) is 3. The number of nitrogens with one attached hydrogen (secondary N) is 2. The van der Waals surface area contributed by atoms with Gasteiger partial charge in [-0.3, -0.25) is 4.79 Å². The number of carbonyl (C=O) groups is 2. The van der Waals surface area contributed by atoms with E-state index in [1.807, 2.05) is 18.3 Å². The van der Waals surface area contributed by atoms with E-state index in [4.69, 9.17) is 17.2 Å². The number of rotatable bonds is 10. The number of fused-ring (bicyclic) bond motifs is 1. The molecule has 0 aliphatic rings. The van der Waals surface area contributed by atoms with E-state index in [0.29, 0.717) is 30.0 Å². The van der Waals surface area contributed by atoms with Crippen LogP contribution in [0.1, 0.15) is 40.7 Å². The monoisotopic (exact) mass is 447 g/mol. The zero-order chi connectivity index (χ0) is 22.4. The van der Waals surface area contributed by atoms with Gasteiger partial charge in [-0.15, -0.1) is 0 Å². The number of aromatic amines is 1. The first-order valence-corrected chi connectivity index (χ1v) is 10.1. The minimum absolute atomic E-state index is 0. The van der Waals surface area contributed by atoms with E-state index in [9.17, 15) is 14.7 Å². The Morgan fingerprint density at radius 1 is 1.09 bits per heavy atom. The van der Waals surface area contributed by atoms with Crippen LogP contribution in [-0.2, 0) is 17.6 Å². The third kappa shape index (κ3) is 6.42. The average molecular weight is 447 g/mol. The number of nitrogens with zero attached hydrogens (tertiary/aromatic N) is 2. The van der Waals surface area contributed by atoms with Crippen molar-refractivity contribution < 1.29 is 44.3 Å². The predicted molar refractivity (Wildman–Crippen MR) is 116 cm³/mol. The number of benzene rings is 1. The molecule has 0 aliphatic heterocycles. The van der Waals surface area contributed by atoms with Crippen LogP contribution in [0.15, 0.2) is 30.5 Å². The number of aromatic nitrogens is 3. The second-order valence-electron chi connectivity index (χ2n) is 7.33. The molecular weight excluding hydrogens is 421 g/mol. The van der Waals surface area contributed by atoms with Crippen molar-refractivity contribution in [2.24, 2.45) is 5.73 Å². The largest absolute Gasteiger partial charge is 1.00 e. The van der Waals surface area contributed by atoms with Gasteiger partial charge < -0.3 is 37.4 Å². The summed E-state index contributed by atoms with van der Waals surface area (Å²) in [4.78, 5) is 34.7. The quantitative estimate of drug-likeness (QED) is 0.202. The molecule has 3 rings (SSSR count). The van der Waals surface area contributed by atoms with E-state index in [1.165, 1.54) is 0 Å². The van der Waals surface area contributed by atoms with E-state index >= 15 is 0 Å². The molecule has 0 bridgehead atoms. The third-order valence-corrected chi connectivity index (χ3v) is 5.07. The summed E-state index contributed by atoms with van der Waals surface area (Å²) in [6, 6.07) is 6.02. The molecule has 0 spiro atoms. The molecule has 32 heavy (non-hydrogen) atoms. The minimum Gasteiger partial charge on any atom is -0.548 e. The molecule has 1 atom stereocenters. The zero-order valence-electron chi connectivity index (χ0n) is 18.1. The summed E-state index contributed by atoms with van der Waals surface area (Å²) in [6.07, 6.45) is 5.00. The Morgan fingerprint density at radius 3 is 2.47 bits per heavy atom. The van der Waals surface area contributed by atoms with Gasteiger partial charge in [0.05, 0.1) is 17.4 Å². The van der Waals surface area contributed by atoms with Gasteiger partial charge in [-0.25, -0.2) is 0 Å². The van der Waals surface area contributed by atoms with Crippen molar-refractivity contribution in [2.45, 2.75) is 38.1 Å². The molecule has 8 N–H and O–H groups in total. The van der Waals surface area contributed by atoms with Gasteiger partial charge in [-0.1, -0.05) is 12.1 Å². The molecule has 11 heteroatoms. The maximum absolute atomic E-state index is 12.3. The summed E-state index contributed by atoms with van der Waals surface area (Å²) in [5.74, 6) is -1.28. The fraction of sp³-hybridized carbons (Fsp3) is 0.333. The number of aliphatic carboxylic acids is 1. The standard InChI is InChI=1S/C21H27N7O3.Na/c22-10-2-5-15(20(30)31)26-19(29)13-8-6-12(7-9-13)3-1-4-14-11-25-18-16(14)17(23)27-21(24)28-18;/h6-9,11,15H,1-5,10,22H2,(H,26,29)(H,30,31)(H5,23,24,25,27,28);/q;+1/p-1/t15-;/m0./s1. The Bertz CT molecular complexity index is 1070. The van der Waals surface area contributed by atoms with Gasteiger partial charge in [0.15, 0.2) is 0 Å². The van der Waals surface area contributed by atoms with Crippen molar-refractivity contribution in [3.05, 3.63) is 47.2 Å². The third-order valence-electron chi connectivity index (χ3n) is 5.07. The van der Waals surface area contributed by atoms with Crippen LogP contribution in [0.4, 0.5) is 11.8 Å². The zero-order valence-corrected chi connectivity index (χ0v) is 20.1. The number of carboxylic acid groups (broad SMARTS) is 1. The number of anilines is 2. The maximum Gasteiger partial charge on any atom is 1.00 e. The second-order valence-corrected chi connectivity index (χ2v) is 7.33. The Morgan fingerprint density at radius 2 is 1.81 bits per heavy atom. The first-order chi connectivity index (χ1) is 14.9. The molecule has 2 aromatic heterocycles. The molecule has 0 unspecified atom stereocenters. The number of hydrogen-bond acceptors (Lipinski definition) is 8. The Balaban J connectivity index is 0.00000363. The van der Waals surface area contributed by atoms with Gasteiger partial charge in [0.2, 0.25) is 5.95 Å². The SMILES string of the molecule is NCCC[C@H](NC(=O)c1ccc(CCCc2c[nH]c3nc(N)nc(N)c23)cc1)C(=O)[O-].[Na+]. The summed E-state index contributed by atoms with van der Waals surface area (Å²) >= 11 is 0. The van der Waals surface area contributed by atoms with Crippen LogP contribution in [-0.4, -0.2) is 39.4 Å². The molecule has 0 aliphatic carbocycles. The van der Waals surface area contributed by atoms with Gasteiger partial charge >= 0.3 is 29.6 Å². The first-order valence-electron chi connectivity index (χ1n) is 10.1. The Hall–Kier alpha value is -2.66.